The second-order valence-corrected chi connectivity index (χ2v) is 9.04. The van der Waals surface area contributed by atoms with Gasteiger partial charge in [0.05, 0.1) is 0 Å². The van der Waals surface area contributed by atoms with Crippen molar-refractivity contribution in [2.24, 2.45) is 0 Å². The molecule has 0 saturated heterocycles. The smallest absolute Gasteiger partial charge is 0.341 e. The van der Waals surface area contributed by atoms with E-state index in [-0.39, 0.29) is 18.6 Å². The van der Waals surface area contributed by atoms with Gasteiger partial charge in [-0.1, -0.05) is 72.8 Å². The summed E-state index contributed by atoms with van der Waals surface area (Å²) < 4.78 is 11.9. The summed E-state index contributed by atoms with van der Waals surface area (Å²) in [6, 6.07) is 29.1. The Balaban J connectivity index is 1.33. The van der Waals surface area contributed by atoms with Gasteiger partial charge in [-0.3, -0.25) is 0 Å². The van der Waals surface area contributed by atoms with Crippen LogP contribution in [-0.2, 0) is 11.3 Å². The van der Waals surface area contributed by atoms with E-state index >= 15 is 0 Å². The summed E-state index contributed by atoms with van der Waals surface area (Å²) in [4.78, 5) is 11.0. The van der Waals surface area contributed by atoms with Crippen LogP contribution in [-0.4, -0.2) is 30.3 Å². The number of carbonyl (C=O) groups is 1. The predicted molar refractivity (Wildman–Crippen MR) is 137 cm³/mol. The van der Waals surface area contributed by atoms with Crippen molar-refractivity contribution in [2.75, 3.05) is 13.2 Å². The van der Waals surface area contributed by atoms with Crippen molar-refractivity contribution in [3.05, 3.63) is 107 Å². The average Bonchev–Trinajstić information content (AvgIpc) is 2.88. The summed E-state index contributed by atoms with van der Waals surface area (Å²) in [6.45, 7) is 3.07. The lowest BCUT2D eigenvalue weighted by molar-refractivity contribution is -0.139. The van der Waals surface area contributed by atoms with Crippen molar-refractivity contribution in [1.29, 1.82) is 0 Å². The molecule has 5 heteroatoms. The fourth-order valence-electron chi connectivity index (χ4n) is 4.88. The number of ether oxygens (including phenoxy) is 2. The first-order valence-electron chi connectivity index (χ1n) is 12.0. The van der Waals surface area contributed by atoms with Crippen LogP contribution in [0.15, 0.2) is 84.9 Å². The van der Waals surface area contributed by atoms with E-state index < -0.39 is 5.97 Å². The zero-order valence-electron chi connectivity index (χ0n) is 19.7. The summed E-state index contributed by atoms with van der Waals surface area (Å²) in [5.74, 6) is 0.662. The molecule has 4 aromatic rings. The third kappa shape index (κ3) is 5.15. The third-order valence-corrected chi connectivity index (χ3v) is 6.62. The van der Waals surface area contributed by atoms with Crippen LogP contribution in [0, 0.1) is 6.92 Å². The summed E-state index contributed by atoms with van der Waals surface area (Å²) in [5.41, 5.74) is 4.44. The maximum absolute atomic E-state index is 11.0. The van der Waals surface area contributed by atoms with Gasteiger partial charge in [-0.2, -0.15) is 0 Å². The standard InChI is InChI=1S/C30H29NO4/c1-20-13-14-22(15-29(20)34-19-30(32)33)27-16-24(35-28-12-5-4-11-26(27)28)18-31-17-23-9-6-8-21-7-2-3-10-25(21)23/h2-15,24,27,31H,16-19H2,1H3,(H,32,33). The molecule has 1 aliphatic heterocycles. The lowest BCUT2D eigenvalue weighted by Crippen LogP contribution is -2.35. The molecule has 0 spiro atoms. The highest BCUT2D eigenvalue weighted by Gasteiger charge is 2.29. The van der Waals surface area contributed by atoms with Gasteiger partial charge in [-0.25, -0.2) is 4.79 Å². The molecule has 0 saturated carbocycles. The number of fused-ring (bicyclic) bond motifs is 2. The maximum atomic E-state index is 11.0. The topological polar surface area (TPSA) is 67.8 Å². The number of aliphatic carboxylic acids is 1. The van der Waals surface area contributed by atoms with E-state index in [4.69, 9.17) is 14.6 Å². The number of para-hydroxylation sites is 1. The molecule has 35 heavy (non-hydrogen) atoms. The van der Waals surface area contributed by atoms with Crippen molar-refractivity contribution >= 4 is 16.7 Å². The number of nitrogens with one attached hydrogen (secondary N) is 1. The van der Waals surface area contributed by atoms with Crippen LogP contribution < -0.4 is 14.8 Å². The molecule has 2 N–H and O–H groups in total. The Bertz CT molecular complexity index is 1340. The highest BCUT2D eigenvalue weighted by atomic mass is 16.5. The maximum Gasteiger partial charge on any atom is 0.341 e. The predicted octanol–water partition coefficient (Wildman–Crippen LogP) is 5.68. The van der Waals surface area contributed by atoms with Gasteiger partial charge in [-0.05, 0) is 52.9 Å². The number of aryl methyl sites for hydroxylation is 1. The first-order valence-corrected chi connectivity index (χ1v) is 12.0. The Morgan fingerprint density at radius 1 is 1.03 bits per heavy atom. The number of benzene rings is 4. The fourth-order valence-corrected chi connectivity index (χ4v) is 4.88. The third-order valence-electron chi connectivity index (χ3n) is 6.62. The largest absolute Gasteiger partial charge is 0.489 e. The van der Waals surface area contributed by atoms with Gasteiger partial charge >= 0.3 is 5.97 Å². The molecule has 2 unspecified atom stereocenters. The number of carboxylic acids is 1. The van der Waals surface area contributed by atoms with E-state index in [0.29, 0.717) is 5.75 Å². The van der Waals surface area contributed by atoms with Crippen molar-refractivity contribution in [1.82, 2.24) is 5.32 Å². The minimum Gasteiger partial charge on any atom is -0.489 e. The molecule has 0 aliphatic carbocycles. The summed E-state index contributed by atoms with van der Waals surface area (Å²) in [5, 5.41) is 15.1. The van der Waals surface area contributed by atoms with Gasteiger partial charge in [0.25, 0.3) is 0 Å². The Kier molecular flexibility index (Phi) is 6.68. The summed E-state index contributed by atoms with van der Waals surface area (Å²) in [7, 11) is 0. The second kappa shape index (κ2) is 10.2. The van der Waals surface area contributed by atoms with Crippen LogP contribution in [0.1, 0.15) is 34.6 Å². The van der Waals surface area contributed by atoms with E-state index in [2.05, 4.69) is 59.9 Å². The fraction of sp³-hybridized carbons (Fsp3) is 0.233. The first kappa shape index (κ1) is 22.9. The van der Waals surface area contributed by atoms with E-state index in [9.17, 15) is 4.79 Å². The molecule has 1 heterocycles. The number of carboxylic acid groups (broad SMARTS) is 1. The SMILES string of the molecule is Cc1ccc(C2CC(CNCc3cccc4ccccc34)Oc3ccccc32)cc1OCC(=O)O. The summed E-state index contributed by atoms with van der Waals surface area (Å²) in [6.07, 6.45) is 0.829. The molecular formula is C30H29NO4. The number of hydrogen-bond donors (Lipinski definition) is 2. The zero-order chi connectivity index (χ0) is 24.2. The highest BCUT2D eigenvalue weighted by Crippen LogP contribution is 2.41. The molecule has 4 aromatic carbocycles. The number of rotatable bonds is 8. The molecule has 0 aromatic heterocycles. The lowest BCUT2D eigenvalue weighted by Gasteiger charge is -2.33. The molecule has 178 valence electrons. The van der Waals surface area contributed by atoms with E-state index in [1.54, 1.807) is 0 Å². The molecule has 1 aliphatic rings. The quantitative estimate of drug-likeness (QED) is 0.349. The van der Waals surface area contributed by atoms with Gasteiger partial charge in [0.1, 0.15) is 17.6 Å². The van der Waals surface area contributed by atoms with Gasteiger partial charge < -0.3 is 19.9 Å². The van der Waals surface area contributed by atoms with Crippen LogP contribution in [0.3, 0.4) is 0 Å². The van der Waals surface area contributed by atoms with Crippen molar-refractivity contribution in [3.63, 3.8) is 0 Å². The Labute approximate surface area is 205 Å². The van der Waals surface area contributed by atoms with Crippen LogP contribution in [0.4, 0.5) is 0 Å². The second-order valence-electron chi connectivity index (χ2n) is 9.04. The minimum absolute atomic E-state index is 0.00886. The van der Waals surface area contributed by atoms with Crippen LogP contribution in [0.2, 0.25) is 0 Å². The van der Waals surface area contributed by atoms with Crippen LogP contribution in [0.25, 0.3) is 10.8 Å². The average molecular weight is 468 g/mol. The zero-order valence-corrected chi connectivity index (χ0v) is 19.7. The van der Waals surface area contributed by atoms with Gasteiger partial charge in [0.15, 0.2) is 6.61 Å². The number of hydrogen-bond acceptors (Lipinski definition) is 4. The highest BCUT2D eigenvalue weighted by molar-refractivity contribution is 5.85. The molecular weight excluding hydrogens is 438 g/mol. The van der Waals surface area contributed by atoms with E-state index in [0.717, 1.165) is 42.0 Å². The van der Waals surface area contributed by atoms with E-state index in [1.807, 2.05) is 37.3 Å². The first-order chi connectivity index (χ1) is 17.1. The lowest BCUT2D eigenvalue weighted by atomic mass is 9.83. The molecule has 0 fully saturated rings. The Morgan fingerprint density at radius 3 is 2.71 bits per heavy atom. The molecule has 0 bridgehead atoms. The monoisotopic (exact) mass is 467 g/mol. The normalized spacial score (nSPS) is 16.9. The van der Waals surface area contributed by atoms with E-state index in [1.165, 1.54) is 16.3 Å². The molecule has 5 nitrogen and oxygen atoms in total. The van der Waals surface area contributed by atoms with Crippen molar-refractivity contribution in [2.45, 2.75) is 31.9 Å². The molecule has 0 amide bonds. The van der Waals surface area contributed by atoms with Gasteiger partial charge in [0, 0.05) is 24.6 Å². The molecule has 5 rings (SSSR count). The Morgan fingerprint density at radius 2 is 1.83 bits per heavy atom. The minimum atomic E-state index is -0.983. The molecule has 0 radical (unpaired) electrons. The van der Waals surface area contributed by atoms with Crippen molar-refractivity contribution in [3.8, 4) is 11.5 Å². The van der Waals surface area contributed by atoms with Gasteiger partial charge in [0.2, 0.25) is 0 Å². The van der Waals surface area contributed by atoms with Gasteiger partial charge in [-0.15, -0.1) is 0 Å². The van der Waals surface area contributed by atoms with Crippen molar-refractivity contribution < 1.29 is 19.4 Å². The van der Waals surface area contributed by atoms with Crippen LogP contribution >= 0.6 is 0 Å². The Hall–Kier alpha value is -3.83. The van der Waals surface area contributed by atoms with Crippen LogP contribution in [0.5, 0.6) is 11.5 Å². The molecule has 2 atom stereocenters. The summed E-state index contributed by atoms with van der Waals surface area (Å²) >= 11 is 0.